The predicted molar refractivity (Wildman–Crippen MR) is 106 cm³/mol. The van der Waals surface area contributed by atoms with E-state index in [1.807, 2.05) is 42.6 Å². The number of hydrogen-bond donors (Lipinski definition) is 1. The van der Waals surface area contributed by atoms with Crippen molar-refractivity contribution >= 4 is 16.6 Å². The summed E-state index contributed by atoms with van der Waals surface area (Å²) in [4.78, 5) is 21.6. The molecule has 0 aliphatic carbocycles. The van der Waals surface area contributed by atoms with Gasteiger partial charge in [0.15, 0.2) is 0 Å². The Bertz CT molecular complexity index is 1120. The first-order valence-corrected chi connectivity index (χ1v) is 9.03. The number of H-pyrrole nitrogens is 1. The van der Waals surface area contributed by atoms with Gasteiger partial charge in [0, 0.05) is 31.4 Å². The number of aromatic amines is 1. The van der Waals surface area contributed by atoms with E-state index in [2.05, 4.69) is 27.0 Å². The Labute approximate surface area is 157 Å². The number of benzene rings is 1. The number of nitrogens with zero attached hydrogens (tertiary/aromatic N) is 3. The van der Waals surface area contributed by atoms with Crippen molar-refractivity contribution in [3.63, 3.8) is 0 Å². The minimum atomic E-state index is -0.0607. The lowest BCUT2D eigenvalue weighted by Crippen LogP contribution is -2.28. The zero-order valence-electron chi connectivity index (χ0n) is 15.2. The SMILES string of the molecule is Cc1cc2ncc(CN3CC=C(c4ccc(C#N)cc4)CC3)cc2[nH]c1=O. The van der Waals surface area contributed by atoms with Gasteiger partial charge in [-0.05, 0) is 54.3 Å². The third-order valence-electron chi connectivity index (χ3n) is 5.02. The number of fused-ring (bicyclic) bond motifs is 1. The highest BCUT2D eigenvalue weighted by Crippen LogP contribution is 2.23. The van der Waals surface area contributed by atoms with Gasteiger partial charge in [0.1, 0.15) is 0 Å². The molecule has 0 saturated heterocycles. The fourth-order valence-electron chi connectivity index (χ4n) is 3.45. The van der Waals surface area contributed by atoms with Crippen molar-refractivity contribution in [1.29, 1.82) is 5.26 Å². The van der Waals surface area contributed by atoms with E-state index < -0.39 is 0 Å². The third kappa shape index (κ3) is 3.67. The third-order valence-corrected chi connectivity index (χ3v) is 5.02. The highest BCUT2D eigenvalue weighted by Gasteiger charge is 2.14. The number of hydrogen-bond acceptors (Lipinski definition) is 4. The van der Waals surface area contributed by atoms with Crippen LogP contribution >= 0.6 is 0 Å². The minimum absolute atomic E-state index is 0.0607. The fraction of sp³-hybridized carbons (Fsp3) is 0.227. The Morgan fingerprint density at radius 3 is 2.78 bits per heavy atom. The van der Waals surface area contributed by atoms with Gasteiger partial charge in [-0.25, -0.2) is 0 Å². The summed E-state index contributed by atoms with van der Waals surface area (Å²) in [6, 6.07) is 13.8. The Kier molecular flexibility index (Phi) is 4.57. The molecule has 0 spiro atoms. The summed E-state index contributed by atoms with van der Waals surface area (Å²) in [6.45, 7) is 4.43. The van der Waals surface area contributed by atoms with Crippen molar-refractivity contribution in [2.45, 2.75) is 19.9 Å². The van der Waals surface area contributed by atoms with Crippen LogP contribution in [0, 0.1) is 18.3 Å². The maximum atomic E-state index is 11.8. The summed E-state index contributed by atoms with van der Waals surface area (Å²) >= 11 is 0. The molecule has 0 unspecified atom stereocenters. The van der Waals surface area contributed by atoms with E-state index in [1.54, 1.807) is 6.92 Å². The van der Waals surface area contributed by atoms with Crippen LogP contribution < -0.4 is 5.56 Å². The van der Waals surface area contributed by atoms with Gasteiger partial charge >= 0.3 is 0 Å². The van der Waals surface area contributed by atoms with E-state index in [0.717, 1.165) is 42.7 Å². The molecule has 0 bridgehead atoms. The minimum Gasteiger partial charge on any atom is -0.320 e. The van der Waals surface area contributed by atoms with Gasteiger partial charge in [0.2, 0.25) is 0 Å². The monoisotopic (exact) mass is 356 g/mol. The molecule has 0 amide bonds. The van der Waals surface area contributed by atoms with E-state index in [9.17, 15) is 4.79 Å². The van der Waals surface area contributed by atoms with Crippen LogP contribution in [0.3, 0.4) is 0 Å². The maximum Gasteiger partial charge on any atom is 0.251 e. The molecule has 1 aliphatic rings. The van der Waals surface area contributed by atoms with Crippen LogP contribution in [0.15, 0.2) is 53.5 Å². The zero-order valence-corrected chi connectivity index (χ0v) is 15.2. The number of nitrogens with one attached hydrogen (secondary N) is 1. The largest absolute Gasteiger partial charge is 0.320 e. The average Bonchev–Trinajstić information content (AvgIpc) is 2.70. The molecule has 2 aromatic heterocycles. The van der Waals surface area contributed by atoms with Crippen LogP contribution in [-0.4, -0.2) is 28.0 Å². The number of rotatable bonds is 3. The molecule has 5 nitrogen and oxygen atoms in total. The van der Waals surface area contributed by atoms with Crippen molar-refractivity contribution in [3.05, 3.63) is 81.3 Å². The Hall–Kier alpha value is -3.23. The molecule has 0 saturated carbocycles. The normalized spacial score (nSPS) is 14.7. The lowest BCUT2D eigenvalue weighted by atomic mass is 9.98. The van der Waals surface area contributed by atoms with E-state index in [4.69, 9.17) is 5.26 Å². The average molecular weight is 356 g/mol. The Balaban J connectivity index is 1.47. The number of aryl methyl sites for hydroxylation is 1. The van der Waals surface area contributed by atoms with E-state index >= 15 is 0 Å². The topological polar surface area (TPSA) is 72.8 Å². The molecular formula is C22H20N4O. The van der Waals surface area contributed by atoms with Crippen LogP contribution in [0.4, 0.5) is 0 Å². The summed E-state index contributed by atoms with van der Waals surface area (Å²) in [5.41, 5.74) is 6.52. The maximum absolute atomic E-state index is 11.8. The molecule has 27 heavy (non-hydrogen) atoms. The van der Waals surface area contributed by atoms with Crippen LogP contribution in [0.1, 0.15) is 28.7 Å². The second-order valence-electron chi connectivity index (χ2n) is 6.96. The molecule has 3 aromatic rings. The standard InChI is InChI=1S/C22H20N4O/c1-15-10-20-21(25-22(15)27)11-17(13-24-20)14-26-8-6-19(7-9-26)18-4-2-16(12-23)3-5-18/h2-6,10-11,13H,7-9,14H2,1H3,(H,25,27). The number of nitriles is 1. The van der Waals surface area contributed by atoms with E-state index in [0.29, 0.717) is 11.1 Å². The highest BCUT2D eigenvalue weighted by atomic mass is 16.1. The van der Waals surface area contributed by atoms with Gasteiger partial charge in [-0.1, -0.05) is 18.2 Å². The van der Waals surface area contributed by atoms with Crippen molar-refractivity contribution < 1.29 is 0 Å². The van der Waals surface area contributed by atoms with Gasteiger partial charge < -0.3 is 4.98 Å². The van der Waals surface area contributed by atoms with Gasteiger partial charge in [-0.2, -0.15) is 5.26 Å². The van der Waals surface area contributed by atoms with Gasteiger partial charge in [-0.3, -0.25) is 14.7 Å². The van der Waals surface area contributed by atoms with Crippen molar-refractivity contribution in [2.24, 2.45) is 0 Å². The van der Waals surface area contributed by atoms with Gasteiger partial charge in [0.05, 0.1) is 22.7 Å². The van der Waals surface area contributed by atoms with E-state index in [1.165, 1.54) is 11.1 Å². The Morgan fingerprint density at radius 2 is 2.07 bits per heavy atom. The lowest BCUT2D eigenvalue weighted by molar-refractivity contribution is 0.293. The number of aromatic nitrogens is 2. The summed E-state index contributed by atoms with van der Waals surface area (Å²) in [6.07, 6.45) is 5.12. The molecule has 0 atom stereocenters. The van der Waals surface area contributed by atoms with Crippen molar-refractivity contribution in [1.82, 2.24) is 14.9 Å². The summed E-state index contributed by atoms with van der Waals surface area (Å²) in [5, 5.41) is 8.91. The predicted octanol–water partition coefficient (Wildman–Crippen LogP) is 3.39. The molecular weight excluding hydrogens is 336 g/mol. The van der Waals surface area contributed by atoms with Gasteiger partial charge in [-0.15, -0.1) is 0 Å². The van der Waals surface area contributed by atoms with Crippen molar-refractivity contribution in [2.75, 3.05) is 13.1 Å². The molecule has 0 fully saturated rings. The number of pyridine rings is 2. The smallest absolute Gasteiger partial charge is 0.251 e. The summed E-state index contributed by atoms with van der Waals surface area (Å²) < 4.78 is 0. The second-order valence-corrected chi connectivity index (χ2v) is 6.96. The van der Waals surface area contributed by atoms with E-state index in [-0.39, 0.29) is 5.56 Å². The van der Waals surface area contributed by atoms with Crippen LogP contribution in [-0.2, 0) is 6.54 Å². The molecule has 1 aliphatic heterocycles. The summed E-state index contributed by atoms with van der Waals surface area (Å²) in [7, 11) is 0. The van der Waals surface area contributed by atoms with Crippen LogP contribution in [0.2, 0.25) is 0 Å². The van der Waals surface area contributed by atoms with Gasteiger partial charge in [0.25, 0.3) is 5.56 Å². The Morgan fingerprint density at radius 1 is 1.26 bits per heavy atom. The molecule has 5 heteroatoms. The van der Waals surface area contributed by atoms with Crippen LogP contribution in [0.5, 0.6) is 0 Å². The van der Waals surface area contributed by atoms with Crippen LogP contribution in [0.25, 0.3) is 16.6 Å². The molecule has 1 aromatic carbocycles. The zero-order chi connectivity index (χ0) is 18.8. The molecule has 4 rings (SSSR count). The molecule has 3 heterocycles. The first kappa shape index (κ1) is 17.2. The fourth-order valence-corrected chi connectivity index (χ4v) is 3.45. The molecule has 1 N–H and O–H groups in total. The highest BCUT2D eigenvalue weighted by molar-refractivity contribution is 5.74. The molecule has 134 valence electrons. The lowest BCUT2D eigenvalue weighted by Gasteiger charge is -2.26. The molecule has 0 radical (unpaired) electrons. The van der Waals surface area contributed by atoms with Crippen molar-refractivity contribution in [3.8, 4) is 6.07 Å². The summed E-state index contributed by atoms with van der Waals surface area (Å²) in [5.74, 6) is 0. The quantitative estimate of drug-likeness (QED) is 0.781. The second kappa shape index (κ2) is 7.18. The first-order valence-electron chi connectivity index (χ1n) is 9.03. The first-order chi connectivity index (χ1) is 13.1.